The second-order valence-electron chi connectivity index (χ2n) is 3.18. The van der Waals surface area contributed by atoms with E-state index in [9.17, 15) is 0 Å². The van der Waals surface area contributed by atoms with Gasteiger partial charge in [-0.05, 0) is 56.1 Å². The zero-order valence-corrected chi connectivity index (χ0v) is 12.2. The lowest BCUT2D eigenvalue weighted by atomic mass is 10.3. The van der Waals surface area contributed by atoms with Gasteiger partial charge >= 0.3 is 0 Å². The average Bonchev–Trinajstić information content (AvgIpc) is 2.66. The van der Waals surface area contributed by atoms with E-state index in [1.165, 1.54) is 4.88 Å². The van der Waals surface area contributed by atoms with Crippen LogP contribution in [0, 0.1) is 0 Å². The molecule has 0 aliphatic carbocycles. The molecule has 84 valence electrons. The minimum Gasteiger partial charge on any atom is -0.487 e. The van der Waals surface area contributed by atoms with Crippen LogP contribution in [0.3, 0.4) is 0 Å². The summed E-state index contributed by atoms with van der Waals surface area (Å²) in [5, 5.41) is 0. The second kappa shape index (κ2) is 5.21. The summed E-state index contributed by atoms with van der Waals surface area (Å²) < 4.78 is 7.70. The Hall–Kier alpha value is -0.520. The molecule has 0 unspecified atom stereocenters. The van der Waals surface area contributed by atoms with Crippen LogP contribution < -0.4 is 10.5 Å². The lowest BCUT2D eigenvalue weighted by molar-refractivity contribution is 0.308. The molecule has 1 heterocycles. The lowest BCUT2D eigenvalue weighted by Gasteiger charge is -2.07. The number of hydrogen-bond donors (Lipinski definition) is 1. The molecule has 0 aliphatic heterocycles. The molecule has 0 radical (unpaired) electrons. The molecule has 0 fully saturated rings. The van der Waals surface area contributed by atoms with E-state index in [0.717, 1.165) is 14.0 Å². The third kappa shape index (κ3) is 2.99. The minimum atomic E-state index is 0.554. The van der Waals surface area contributed by atoms with Crippen molar-refractivity contribution in [2.24, 2.45) is 0 Å². The minimum absolute atomic E-state index is 0.554. The molecule has 0 aliphatic rings. The highest BCUT2D eigenvalue weighted by atomic mass is 79.9. The summed E-state index contributed by atoms with van der Waals surface area (Å²) in [5.74, 6) is 0.768. The first-order valence-electron chi connectivity index (χ1n) is 4.57. The first-order valence-corrected chi connectivity index (χ1v) is 6.97. The molecule has 0 saturated heterocycles. The summed E-state index contributed by atoms with van der Waals surface area (Å²) in [6.45, 7) is 0.554. The summed E-state index contributed by atoms with van der Waals surface area (Å²) in [7, 11) is 0. The van der Waals surface area contributed by atoms with Crippen LogP contribution in [-0.4, -0.2) is 0 Å². The predicted molar refractivity (Wildman–Crippen MR) is 74.9 cm³/mol. The monoisotopic (exact) mass is 361 g/mol. The number of nitrogen functional groups attached to an aromatic ring is 1. The van der Waals surface area contributed by atoms with Gasteiger partial charge in [-0.2, -0.15) is 0 Å². The molecule has 5 heteroatoms. The number of nitrogens with two attached hydrogens (primary N) is 1. The number of hydrogen-bond acceptors (Lipinski definition) is 3. The van der Waals surface area contributed by atoms with Gasteiger partial charge in [0, 0.05) is 16.6 Å². The maximum atomic E-state index is 5.69. The standard InChI is InChI=1S/C11H9Br2NOS/c12-9-3-1-7(14)5-10(9)15-6-8-2-4-11(13)16-8/h1-5H,6,14H2. The van der Waals surface area contributed by atoms with Crippen LogP contribution in [0.5, 0.6) is 5.75 Å². The number of thiophene rings is 1. The van der Waals surface area contributed by atoms with E-state index in [4.69, 9.17) is 10.5 Å². The van der Waals surface area contributed by atoms with Gasteiger partial charge in [0.05, 0.1) is 8.26 Å². The van der Waals surface area contributed by atoms with Gasteiger partial charge in [0.1, 0.15) is 12.4 Å². The molecule has 2 nitrogen and oxygen atoms in total. The van der Waals surface area contributed by atoms with Crippen molar-refractivity contribution in [3.8, 4) is 5.75 Å². The molecule has 1 aromatic carbocycles. The summed E-state index contributed by atoms with van der Waals surface area (Å²) in [4.78, 5) is 1.17. The fourth-order valence-electron chi connectivity index (χ4n) is 1.21. The van der Waals surface area contributed by atoms with Crippen molar-refractivity contribution < 1.29 is 4.74 Å². The van der Waals surface area contributed by atoms with Crippen LogP contribution in [0.15, 0.2) is 38.6 Å². The number of ether oxygens (including phenoxy) is 1. The summed E-state index contributed by atoms with van der Waals surface area (Å²) in [6, 6.07) is 9.58. The second-order valence-corrected chi connectivity index (χ2v) is 6.59. The first-order chi connectivity index (χ1) is 7.65. The Morgan fingerprint density at radius 1 is 1.19 bits per heavy atom. The SMILES string of the molecule is Nc1ccc(Br)c(OCc2ccc(Br)s2)c1. The Labute approximate surface area is 115 Å². The van der Waals surface area contributed by atoms with Gasteiger partial charge < -0.3 is 10.5 Å². The van der Waals surface area contributed by atoms with E-state index < -0.39 is 0 Å². The van der Waals surface area contributed by atoms with Gasteiger partial charge in [-0.3, -0.25) is 0 Å². The van der Waals surface area contributed by atoms with Crippen molar-refractivity contribution >= 4 is 48.9 Å². The maximum absolute atomic E-state index is 5.69. The molecule has 0 saturated carbocycles. The fraction of sp³-hybridized carbons (Fsp3) is 0.0909. The third-order valence-electron chi connectivity index (χ3n) is 1.95. The smallest absolute Gasteiger partial charge is 0.136 e. The highest BCUT2D eigenvalue weighted by molar-refractivity contribution is 9.11. The molecule has 2 aromatic rings. The van der Waals surface area contributed by atoms with Crippen molar-refractivity contribution in [2.75, 3.05) is 5.73 Å². The molecule has 0 spiro atoms. The third-order valence-corrected chi connectivity index (χ3v) is 4.21. The van der Waals surface area contributed by atoms with Gasteiger partial charge in [-0.15, -0.1) is 11.3 Å². The number of anilines is 1. The zero-order valence-electron chi connectivity index (χ0n) is 8.24. The largest absolute Gasteiger partial charge is 0.487 e. The Morgan fingerprint density at radius 2 is 2.00 bits per heavy atom. The fourth-order valence-corrected chi connectivity index (χ4v) is 2.97. The van der Waals surface area contributed by atoms with E-state index in [0.29, 0.717) is 12.3 Å². The van der Waals surface area contributed by atoms with Crippen molar-refractivity contribution in [2.45, 2.75) is 6.61 Å². The van der Waals surface area contributed by atoms with Crippen LogP contribution in [0.2, 0.25) is 0 Å². The van der Waals surface area contributed by atoms with Crippen LogP contribution in [0.4, 0.5) is 5.69 Å². The van der Waals surface area contributed by atoms with Gasteiger partial charge in [-0.1, -0.05) is 0 Å². The van der Waals surface area contributed by atoms with Crippen molar-refractivity contribution in [3.05, 3.63) is 43.5 Å². The molecule has 0 amide bonds. The first kappa shape index (κ1) is 12.0. The zero-order chi connectivity index (χ0) is 11.5. The Bertz CT molecular complexity index is 498. The van der Waals surface area contributed by atoms with Crippen molar-refractivity contribution in [3.63, 3.8) is 0 Å². The molecule has 2 N–H and O–H groups in total. The van der Waals surface area contributed by atoms with Crippen LogP contribution in [0.25, 0.3) is 0 Å². The molecular weight excluding hydrogens is 354 g/mol. The molecule has 16 heavy (non-hydrogen) atoms. The van der Waals surface area contributed by atoms with Crippen LogP contribution in [0.1, 0.15) is 4.88 Å². The molecule has 0 bridgehead atoms. The Morgan fingerprint density at radius 3 is 2.69 bits per heavy atom. The topological polar surface area (TPSA) is 35.2 Å². The van der Waals surface area contributed by atoms with E-state index in [1.54, 1.807) is 11.3 Å². The molecule has 2 rings (SSSR count). The number of benzene rings is 1. The quantitative estimate of drug-likeness (QED) is 0.819. The maximum Gasteiger partial charge on any atom is 0.136 e. The predicted octanol–water partition coefficient (Wildman–Crippen LogP) is 4.43. The van der Waals surface area contributed by atoms with Gasteiger partial charge in [-0.25, -0.2) is 0 Å². The van der Waals surface area contributed by atoms with Crippen LogP contribution >= 0.6 is 43.2 Å². The number of halogens is 2. The summed E-state index contributed by atoms with van der Waals surface area (Å²) >= 11 is 8.50. The highest BCUT2D eigenvalue weighted by Gasteiger charge is 2.03. The highest BCUT2D eigenvalue weighted by Crippen LogP contribution is 2.29. The van der Waals surface area contributed by atoms with E-state index >= 15 is 0 Å². The van der Waals surface area contributed by atoms with E-state index in [-0.39, 0.29) is 0 Å². The van der Waals surface area contributed by atoms with E-state index in [1.807, 2.05) is 30.3 Å². The summed E-state index contributed by atoms with van der Waals surface area (Å²) in [5.41, 5.74) is 6.39. The molecular formula is C11H9Br2NOS. The van der Waals surface area contributed by atoms with Crippen molar-refractivity contribution in [1.82, 2.24) is 0 Å². The average molecular weight is 363 g/mol. The van der Waals surface area contributed by atoms with Gasteiger partial charge in [0.25, 0.3) is 0 Å². The Kier molecular flexibility index (Phi) is 3.89. The normalized spacial score (nSPS) is 10.4. The lowest BCUT2D eigenvalue weighted by Crippen LogP contribution is -1.95. The summed E-state index contributed by atoms with van der Waals surface area (Å²) in [6.07, 6.45) is 0. The Balaban J connectivity index is 2.07. The number of rotatable bonds is 3. The molecule has 1 aromatic heterocycles. The van der Waals surface area contributed by atoms with Gasteiger partial charge in [0.15, 0.2) is 0 Å². The van der Waals surface area contributed by atoms with Crippen molar-refractivity contribution in [1.29, 1.82) is 0 Å². The van der Waals surface area contributed by atoms with Crippen LogP contribution in [-0.2, 0) is 6.61 Å². The molecule has 0 atom stereocenters. The van der Waals surface area contributed by atoms with Gasteiger partial charge in [0.2, 0.25) is 0 Å². The van der Waals surface area contributed by atoms with E-state index in [2.05, 4.69) is 31.9 Å².